The Hall–Kier alpha value is -1.21. The Balaban J connectivity index is 1.85. The maximum atomic E-state index is 12.6. The molecule has 0 aliphatic heterocycles. The van der Waals surface area contributed by atoms with Crippen LogP contribution in [0.1, 0.15) is 27.9 Å². The van der Waals surface area contributed by atoms with Crippen LogP contribution in [0.25, 0.3) is 0 Å². The first-order valence-corrected chi connectivity index (χ1v) is 10.1. The number of aldehydes is 1. The summed E-state index contributed by atoms with van der Waals surface area (Å²) in [7, 11) is -3.68. The summed E-state index contributed by atoms with van der Waals surface area (Å²) < 4.78 is 28.7. The lowest BCUT2D eigenvalue weighted by molar-refractivity contribution is 0.112. The standard InChI is InChI=1S/C17H15BrClNO3S/c18-13-7-11-9-14(5-6-15(11)12(8-13)10-21)20-24(22,23)17-4-2-1-3-16(17)19/h1-4,7-8,10,14,20H,5-6,9H2. The molecule has 0 aromatic heterocycles. The van der Waals surface area contributed by atoms with E-state index >= 15 is 0 Å². The zero-order valence-corrected chi connectivity index (χ0v) is 15.8. The molecule has 1 aliphatic carbocycles. The average molecular weight is 429 g/mol. The minimum Gasteiger partial charge on any atom is -0.298 e. The molecular weight excluding hydrogens is 414 g/mol. The van der Waals surface area contributed by atoms with Crippen molar-refractivity contribution in [1.29, 1.82) is 0 Å². The van der Waals surface area contributed by atoms with Gasteiger partial charge in [-0.25, -0.2) is 13.1 Å². The van der Waals surface area contributed by atoms with Crippen LogP contribution in [0.3, 0.4) is 0 Å². The van der Waals surface area contributed by atoms with Crippen molar-refractivity contribution in [2.24, 2.45) is 0 Å². The Morgan fingerprint density at radius 2 is 2.00 bits per heavy atom. The molecule has 3 rings (SSSR count). The Morgan fingerprint density at radius 3 is 2.71 bits per heavy atom. The first kappa shape index (κ1) is 17.6. The molecule has 2 aromatic rings. The second kappa shape index (κ2) is 6.96. The highest BCUT2D eigenvalue weighted by molar-refractivity contribution is 9.10. The van der Waals surface area contributed by atoms with E-state index in [0.717, 1.165) is 21.9 Å². The van der Waals surface area contributed by atoms with Crippen LogP contribution >= 0.6 is 27.5 Å². The number of sulfonamides is 1. The molecule has 24 heavy (non-hydrogen) atoms. The Morgan fingerprint density at radius 1 is 1.25 bits per heavy atom. The third kappa shape index (κ3) is 3.57. The summed E-state index contributed by atoms with van der Waals surface area (Å²) in [6.45, 7) is 0. The molecule has 2 aromatic carbocycles. The van der Waals surface area contributed by atoms with Gasteiger partial charge in [0.05, 0.1) is 5.02 Å². The molecule has 1 aliphatic rings. The summed E-state index contributed by atoms with van der Waals surface area (Å²) in [5.41, 5.74) is 2.65. The van der Waals surface area contributed by atoms with E-state index in [1.807, 2.05) is 6.07 Å². The summed E-state index contributed by atoms with van der Waals surface area (Å²) in [6.07, 6.45) is 2.68. The number of benzene rings is 2. The van der Waals surface area contributed by atoms with Gasteiger partial charge in [-0.15, -0.1) is 0 Å². The van der Waals surface area contributed by atoms with E-state index in [1.165, 1.54) is 6.07 Å². The number of carbonyl (C=O) groups excluding carboxylic acids is 1. The molecule has 1 unspecified atom stereocenters. The van der Waals surface area contributed by atoms with Gasteiger partial charge in [0.25, 0.3) is 0 Å². The summed E-state index contributed by atoms with van der Waals surface area (Å²) in [5.74, 6) is 0. The fourth-order valence-corrected chi connectivity index (χ4v) is 5.35. The normalized spacial score (nSPS) is 17.3. The van der Waals surface area contributed by atoms with Gasteiger partial charge in [-0.3, -0.25) is 4.79 Å². The van der Waals surface area contributed by atoms with Crippen LogP contribution in [0.5, 0.6) is 0 Å². The topological polar surface area (TPSA) is 63.2 Å². The van der Waals surface area contributed by atoms with E-state index in [-0.39, 0.29) is 16.0 Å². The van der Waals surface area contributed by atoms with E-state index in [9.17, 15) is 13.2 Å². The van der Waals surface area contributed by atoms with Crippen LogP contribution in [0.2, 0.25) is 5.02 Å². The molecule has 0 fully saturated rings. The molecule has 4 nitrogen and oxygen atoms in total. The van der Waals surface area contributed by atoms with Crippen molar-refractivity contribution in [3.05, 3.63) is 62.6 Å². The summed E-state index contributed by atoms with van der Waals surface area (Å²) in [6, 6.07) is 9.88. The fraction of sp³-hybridized carbons (Fsp3) is 0.235. The van der Waals surface area contributed by atoms with E-state index in [4.69, 9.17) is 11.6 Å². The van der Waals surface area contributed by atoms with Crippen LogP contribution < -0.4 is 4.72 Å². The van der Waals surface area contributed by atoms with E-state index < -0.39 is 10.0 Å². The van der Waals surface area contributed by atoms with E-state index in [2.05, 4.69) is 20.7 Å². The lowest BCUT2D eigenvalue weighted by Gasteiger charge is -2.26. The van der Waals surface area contributed by atoms with Crippen molar-refractivity contribution in [3.63, 3.8) is 0 Å². The minimum atomic E-state index is -3.68. The Bertz CT molecular complexity index is 899. The van der Waals surface area contributed by atoms with Gasteiger partial charge < -0.3 is 0 Å². The molecule has 0 saturated carbocycles. The number of rotatable bonds is 4. The van der Waals surface area contributed by atoms with Crippen LogP contribution in [0.15, 0.2) is 45.8 Å². The first-order chi connectivity index (χ1) is 11.4. The Labute approximate surface area is 154 Å². The number of halogens is 2. The predicted molar refractivity (Wildman–Crippen MR) is 97.1 cm³/mol. The third-order valence-electron chi connectivity index (χ3n) is 4.13. The van der Waals surface area contributed by atoms with Crippen molar-refractivity contribution in [2.75, 3.05) is 0 Å². The lowest BCUT2D eigenvalue weighted by atomic mass is 9.86. The van der Waals surface area contributed by atoms with Crippen LogP contribution in [-0.2, 0) is 22.9 Å². The zero-order chi connectivity index (χ0) is 17.3. The quantitative estimate of drug-likeness (QED) is 0.754. The van der Waals surface area contributed by atoms with Gasteiger partial charge in [0.2, 0.25) is 10.0 Å². The summed E-state index contributed by atoms with van der Waals surface area (Å²) in [5, 5.41) is 0.201. The molecule has 126 valence electrons. The molecule has 0 radical (unpaired) electrons. The molecule has 0 heterocycles. The largest absolute Gasteiger partial charge is 0.298 e. The number of hydrogen-bond acceptors (Lipinski definition) is 3. The predicted octanol–water partition coefficient (Wildman–Crippen LogP) is 3.75. The lowest BCUT2D eigenvalue weighted by Crippen LogP contribution is -2.39. The summed E-state index contributed by atoms with van der Waals surface area (Å²) >= 11 is 9.40. The van der Waals surface area contributed by atoms with Gasteiger partial charge in [0.1, 0.15) is 11.2 Å². The molecule has 7 heteroatoms. The number of nitrogens with one attached hydrogen (secondary N) is 1. The highest BCUT2D eigenvalue weighted by atomic mass is 79.9. The highest BCUT2D eigenvalue weighted by Gasteiger charge is 2.27. The van der Waals surface area contributed by atoms with Crippen molar-refractivity contribution < 1.29 is 13.2 Å². The van der Waals surface area contributed by atoms with E-state index in [0.29, 0.717) is 24.8 Å². The van der Waals surface area contributed by atoms with Crippen molar-refractivity contribution in [2.45, 2.75) is 30.2 Å². The zero-order valence-electron chi connectivity index (χ0n) is 12.6. The van der Waals surface area contributed by atoms with Crippen LogP contribution in [-0.4, -0.2) is 20.7 Å². The van der Waals surface area contributed by atoms with Gasteiger partial charge in [0.15, 0.2) is 0 Å². The van der Waals surface area contributed by atoms with Crippen LogP contribution in [0.4, 0.5) is 0 Å². The highest BCUT2D eigenvalue weighted by Crippen LogP contribution is 2.29. The molecule has 0 saturated heterocycles. The molecule has 0 spiro atoms. The maximum absolute atomic E-state index is 12.6. The maximum Gasteiger partial charge on any atom is 0.242 e. The first-order valence-electron chi connectivity index (χ1n) is 7.44. The number of carbonyl (C=O) groups is 1. The molecule has 1 atom stereocenters. The van der Waals surface area contributed by atoms with Crippen LogP contribution in [0, 0.1) is 0 Å². The second-order valence-electron chi connectivity index (χ2n) is 5.74. The van der Waals surface area contributed by atoms with Crippen molar-refractivity contribution in [3.8, 4) is 0 Å². The SMILES string of the molecule is O=Cc1cc(Br)cc2c1CCC(NS(=O)(=O)c1ccccc1Cl)C2. The van der Waals surface area contributed by atoms with Gasteiger partial charge >= 0.3 is 0 Å². The van der Waals surface area contributed by atoms with Gasteiger partial charge in [-0.2, -0.15) is 0 Å². The summed E-state index contributed by atoms with van der Waals surface area (Å²) in [4.78, 5) is 11.3. The minimum absolute atomic E-state index is 0.0836. The van der Waals surface area contributed by atoms with Crippen molar-refractivity contribution >= 4 is 43.8 Å². The molecule has 0 bridgehead atoms. The smallest absolute Gasteiger partial charge is 0.242 e. The van der Waals surface area contributed by atoms with Gasteiger partial charge in [-0.1, -0.05) is 39.7 Å². The van der Waals surface area contributed by atoms with E-state index in [1.54, 1.807) is 24.3 Å². The molecule has 0 amide bonds. The number of fused-ring (bicyclic) bond motifs is 1. The van der Waals surface area contributed by atoms with Crippen molar-refractivity contribution in [1.82, 2.24) is 4.72 Å². The van der Waals surface area contributed by atoms with Gasteiger partial charge in [-0.05, 0) is 54.7 Å². The molecular formula is C17H15BrClNO3S. The Kier molecular flexibility index (Phi) is 5.11. The number of hydrogen-bond donors (Lipinski definition) is 1. The monoisotopic (exact) mass is 427 g/mol. The second-order valence-corrected chi connectivity index (χ2v) is 8.75. The third-order valence-corrected chi connectivity index (χ3v) is 6.60. The van der Waals surface area contributed by atoms with Gasteiger partial charge in [0, 0.05) is 16.1 Å². The average Bonchev–Trinajstić information content (AvgIpc) is 2.53. The molecule has 1 N–H and O–H groups in total. The fourth-order valence-electron chi connectivity index (χ4n) is 3.04.